The van der Waals surface area contributed by atoms with Crippen molar-refractivity contribution in [3.63, 3.8) is 0 Å². The Morgan fingerprint density at radius 3 is 2.69 bits per heavy atom. The van der Waals surface area contributed by atoms with E-state index in [0.29, 0.717) is 16.5 Å². The third-order valence-electron chi connectivity index (χ3n) is 3.20. The van der Waals surface area contributed by atoms with Crippen LogP contribution in [0.1, 0.15) is 18.4 Å². The molecule has 1 aliphatic carbocycles. The highest BCUT2D eigenvalue weighted by Gasteiger charge is 2.43. The molecule has 0 aliphatic heterocycles. The van der Waals surface area contributed by atoms with Crippen LogP contribution in [0.4, 0.5) is 4.39 Å². The molecule has 1 saturated carbocycles. The molecule has 2 nitrogen and oxygen atoms in total. The van der Waals surface area contributed by atoms with Gasteiger partial charge in [0, 0.05) is 17.4 Å². The Morgan fingerprint density at radius 1 is 1.50 bits per heavy atom. The second-order valence-electron chi connectivity index (χ2n) is 4.49. The molecule has 4 heteroatoms. The van der Waals surface area contributed by atoms with Gasteiger partial charge in [0.05, 0.1) is 5.60 Å². The molecule has 0 saturated heterocycles. The summed E-state index contributed by atoms with van der Waals surface area (Å²) in [4.78, 5) is 0. The number of hydrogen-bond donors (Lipinski definition) is 2. The van der Waals surface area contributed by atoms with E-state index < -0.39 is 5.60 Å². The summed E-state index contributed by atoms with van der Waals surface area (Å²) < 4.78 is 14.3. The van der Waals surface area contributed by atoms with E-state index in [1.54, 1.807) is 12.1 Å². The van der Waals surface area contributed by atoms with Crippen molar-refractivity contribution in [3.8, 4) is 0 Å². The molecule has 1 aromatic carbocycles. The predicted molar refractivity (Wildman–Crippen MR) is 64.5 cm³/mol. The molecular formula is C12H15BrFNO. The van der Waals surface area contributed by atoms with Crippen molar-refractivity contribution in [2.45, 2.75) is 24.9 Å². The Morgan fingerprint density at radius 2 is 2.19 bits per heavy atom. The molecule has 0 spiro atoms. The lowest BCUT2D eigenvalue weighted by molar-refractivity contribution is 0.0259. The van der Waals surface area contributed by atoms with Crippen LogP contribution in [0.25, 0.3) is 0 Å². The summed E-state index contributed by atoms with van der Waals surface area (Å²) in [5.41, 5.74) is 5.19. The lowest BCUT2D eigenvalue weighted by Gasteiger charge is -2.26. The van der Waals surface area contributed by atoms with Gasteiger partial charge in [0.2, 0.25) is 0 Å². The minimum absolute atomic E-state index is 0.188. The molecular weight excluding hydrogens is 273 g/mol. The molecule has 1 aromatic rings. The molecule has 0 amide bonds. The number of benzene rings is 1. The van der Waals surface area contributed by atoms with Crippen LogP contribution < -0.4 is 5.73 Å². The fourth-order valence-electron chi connectivity index (χ4n) is 2.00. The van der Waals surface area contributed by atoms with Gasteiger partial charge in [0.25, 0.3) is 0 Å². The van der Waals surface area contributed by atoms with E-state index in [4.69, 9.17) is 5.73 Å². The molecule has 0 aromatic heterocycles. The van der Waals surface area contributed by atoms with E-state index in [0.717, 1.165) is 12.8 Å². The summed E-state index contributed by atoms with van der Waals surface area (Å²) >= 11 is 3.21. The maximum absolute atomic E-state index is 13.6. The fourth-order valence-corrected chi connectivity index (χ4v) is 2.33. The van der Waals surface area contributed by atoms with Crippen molar-refractivity contribution in [1.29, 1.82) is 0 Å². The number of rotatable bonds is 4. The van der Waals surface area contributed by atoms with Crippen molar-refractivity contribution in [3.05, 3.63) is 34.1 Å². The number of hydrogen-bond acceptors (Lipinski definition) is 2. The fraction of sp³-hybridized carbons (Fsp3) is 0.500. The molecule has 1 unspecified atom stereocenters. The van der Waals surface area contributed by atoms with Crippen molar-refractivity contribution < 1.29 is 9.50 Å². The van der Waals surface area contributed by atoms with Crippen LogP contribution >= 0.6 is 15.9 Å². The van der Waals surface area contributed by atoms with Gasteiger partial charge < -0.3 is 10.8 Å². The Kier molecular flexibility index (Phi) is 3.33. The first-order chi connectivity index (χ1) is 7.55. The standard InChI is InChI=1S/C12H15BrFNO/c13-10-4-1-8(11(14)5-10)6-12(16,7-15)9-2-3-9/h1,4-5,9,16H,2-3,6-7,15H2. The molecule has 88 valence electrons. The van der Waals surface area contributed by atoms with Crippen LogP contribution in [0.3, 0.4) is 0 Å². The third kappa shape index (κ3) is 2.44. The van der Waals surface area contributed by atoms with E-state index >= 15 is 0 Å². The number of nitrogens with two attached hydrogens (primary N) is 1. The van der Waals surface area contributed by atoms with Crippen LogP contribution in [0.5, 0.6) is 0 Å². The summed E-state index contributed by atoms with van der Waals surface area (Å²) in [7, 11) is 0. The van der Waals surface area contributed by atoms with Crippen molar-refractivity contribution in [2.24, 2.45) is 11.7 Å². The zero-order chi connectivity index (χ0) is 11.8. The third-order valence-corrected chi connectivity index (χ3v) is 3.70. The lowest BCUT2D eigenvalue weighted by atomic mass is 9.89. The van der Waals surface area contributed by atoms with Gasteiger partial charge in [-0.15, -0.1) is 0 Å². The van der Waals surface area contributed by atoms with Crippen molar-refractivity contribution >= 4 is 15.9 Å². The number of aliphatic hydroxyl groups is 1. The predicted octanol–water partition coefficient (Wildman–Crippen LogP) is 2.23. The first kappa shape index (κ1) is 12.0. The molecule has 3 N–H and O–H groups in total. The van der Waals surface area contributed by atoms with E-state index in [1.165, 1.54) is 6.07 Å². The maximum atomic E-state index is 13.6. The second-order valence-corrected chi connectivity index (χ2v) is 5.41. The second kappa shape index (κ2) is 4.43. The van der Waals surface area contributed by atoms with Gasteiger partial charge in [-0.25, -0.2) is 4.39 Å². The van der Waals surface area contributed by atoms with Crippen molar-refractivity contribution in [1.82, 2.24) is 0 Å². The van der Waals surface area contributed by atoms with Gasteiger partial charge in [-0.2, -0.15) is 0 Å². The largest absolute Gasteiger partial charge is 0.388 e. The summed E-state index contributed by atoms with van der Waals surface area (Å²) in [6.45, 7) is 0.188. The highest BCUT2D eigenvalue weighted by molar-refractivity contribution is 9.10. The zero-order valence-electron chi connectivity index (χ0n) is 8.92. The minimum Gasteiger partial charge on any atom is -0.388 e. The van der Waals surface area contributed by atoms with E-state index in [1.807, 2.05) is 0 Å². The Balaban J connectivity index is 2.18. The molecule has 0 heterocycles. The van der Waals surface area contributed by atoms with Crippen LogP contribution in [-0.4, -0.2) is 17.3 Å². The molecule has 0 radical (unpaired) electrons. The smallest absolute Gasteiger partial charge is 0.127 e. The van der Waals surface area contributed by atoms with Gasteiger partial charge in [-0.3, -0.25) is 0 Å². The lowest BCUT2D eigenvalue weighted by Crippen LogP contribution is -2.42. The average Bonchev–Trinajstić information content (AvgIpc) is 3.06. The van der Waals surface area contributed by atoms with E-state index in [-0.39, 0.29) is 18.3 Å². The topological polar surface area (TPSA) is 46.2 Å². The minimum atomic E-state index is -0.936. The van der Waals surface area contributed by atoms with Gasteiger partial charge in [0.15, 0.2) is 0 Å². The first-order valence-corrected chi connectivity index (χ1v) is 6.21. The average molecular weight is 288 g/mol. The van der Waals surface area contributed by atoms with Crippen LogP contribution in [0, 0.1) is 11.7 Å². The molecule has 1 fully saturated rings. The monoisotopic (exact) mass is 287 g/mol. The summed E-state index contributed by atoms with van der Waals surface area (Å²) in [6, 6.07) is 4.89. The highest BCUT2D eigenvalue weighted by atomic mass is 79.9. The molecule has 1 aliphatic rings. The quantitative estimate of drug-likeness (QED) is 0.892. The zero-order valence-corrected chi connectivity index (χ0v) is 10.5. The van der Waals surface area contributed by atoms with E-state index in [2.05, 4.69) is 15.9 Å². The summed E-state index contributed by atoms with van der Waals surface area (Å²) in [5, 5.41) is 10.3. The molecule has 16 heavy (non-hydrogen) atoms. The van der Waals surface area contributed by atoms with Gasteiger partial charge >= 0.3 is 0 Å². The summed E-state index contributed by atoms with van der Waals surface area (Å²) in [6.07, 6.45) is 2.28. The first-order valence-electron chi connectivity index (χ1n) is 5.41. The van der Waals surface area contributed by atoms with Gasteiger partial charge in [0.1, 0.15) is 5.82 Å². The molecule has 1 atom stereocenters. The Labute approximate surface area is 103 Å². The maximum Gasteiger partial charge on any atom is 0.127 e. The van der Waals surface area contributed by atoms with Crippen LogP contribution in [-0.2, 0) is 6.42 Å². The highest BCUT2D eigenvalue weighted by Crippen LogP contribution is 2.41. The van der Waals surface area contributed by atoms with Crippen molar-refractivity contribution in [2.75, 3.05) is 6.54 Å². The van der Waals surface area contributed by atoms with Gasteiger partial charge in [-0.1, -0.05) is 22.0 Å². The Bertz CT molecular complexity index is 395. The molecule has 0 bridgehead atoms. The van der Waals surface area contributed by atoms with Gasteiger partial charge in [-0.05, 0) is 36.5 Å². The van der Waals surface area contributed by atoms with E-state index in [9.17, 15) is 9.50 Å². The summed E-state index contributed by atoms with van der Waals surface area (Å²) in [5.74, 6) is -0.0533. The normalized spacial score (nSPS) is 19.5. The van der Waals surface area contributed by atoms with Crippen LogP contribution in [0.15, 0.2) is 22.7 Å². The number of halogens is 2. The Hall–Kier alpha value is -0.450. The van der Waals surface area contributed by atoms with Crippen LogP contribution in [0.2, 0.25) is 0 Å². The SMILES string of the molecule is NCC(O)(Cc1ccc(Br)cc1F)C1CC1. The molecule has 2 rings (SSSR count).